The number of carbonyl (C=O) groups excluding carboxylic acids is 1. The lowest BCUT2D eigenvalue weighted by atomic mass is 10.0. The lowest BCUT2D eigenvalue weighted by molar-refractivity contribution is 0.0948. The average molecular weight is 398 g/mol. The summed E-state index contributed by atoms with van der Waals surface area (Å²) in [4.78, 5) is 12.3. The zero-order valence-corrected chi connectivity index (χ0v) is 16.5. The molecule has 0 aliphatic carbocycles. The second kappa shape index (κ2) is 8.31. The number of carbonyl (C=O) groups is 1. The molecular weight excluding hydrogens is 376 g/mol. The summed E-state index contributed by atoms with van der Waals surface area (Å²) < 4.78 is 33.2. The van der Waals surface area contributed by atoms with E-state index in [1.54, 1.807) is 24.3 Å². The van der Waals surface area contributed by atoms with Crippen LogP contribution in [0.1, 0.15) is 41.4 Å². The molecule has 146 valence electrons. The molecule has 28 heavy (non-hydrogen) atoms. The van der Waals surface area contributed by atoms with Gasteiger partial charge in [-0.2, -0.15) is 0 Å². The highest BCUT2D eigenvalue weighted by molar-refractivity contribution is 7.92. The van der Waals surface area contributed by atoms with Crippen molar-refractivity contribution < 1.29 is 17.6 Å². The summed E-state index contributed by atoms with van der Waals surface area (Å²) in [7, 11) is -3.76. The van der Waals surface area contributed by atoms with Crippen molar-refractivity contribution in [3.8, 4) is 0 Å². The van der Waals surface area contributed by atoms with Crippen molar-refractivity contribution in [2.45, 2.75) is 31.2 Å². The Kier molecular flexibility index (Phi) is 5.84. The number of anilines is 1. The van der Waals surface area contributed by atoms with Crippen molar-refractivity contribution in [2.75, 3.05) is 4.72 Å². The predicted molar refractivity (Wildman–Crippen MR) is 108 cm³/mol. The number of para-hydroxylation sites is 1. The van der Waals surface area contributed by atoms with Gasteiger partial charge in [0.2, 0.25) is 0 Å². The third-order valence-electron chi connectivity index (χ3n) is 4.26. The quantitative estimate of drug-likeness (QED) is 0.626. The largest absolute Gasteiger partial charge is 0.467 e. The van der Waals surface area contributed by atoms with Gasteiger partial charge in [-0.25, -0.2) is 8.42 Å². The van der Waals surface area contributed by atoms with Crippen LogP contribution in [-0.4, -0.2) is 14.3 Å². The molecule has 3 aromatic rings. The standard InChI is InChI=1S/C21H22N2O4S/c1-15(2)19-7-3-4-8-20(19)23-28(25,26)18-11-9-16(10-12-18)21(24)22-14-17-6-5-13-27-17/h3-13,15,23H,14H2,1-2H3,(H,22,24). The van der Waals surface area contributed by atoms with E-state index in [-0.39, 0.29) is 23.3 Å². The molecule has 0 unspecified atom stereocenters. The van der Waals surface area contributed by atoms with Crippen LogP contribution in [0.3, 0.4) is 0 Å². The smallest absolute Gasteiger partial charge is 0.261 e. The van der Waals surface area contributed by atoms with Crippen molar-refractivity contribution in [2.24, 2.45) is 0 Å². The minimum Gasteiger partial charge on any atom is -0.467 e. The van der Waals surface area contributed by atoms with Crippen LogP contribution in [0.15, 0.2) is 76.2 Å². The monoisotopic (exact) mass is 398 g/mol. The number of furan rings is 1. The van der Waals surface area contributed by atoms with E-state index in [9.17, 15) is 13.2 Å². The Morgan fingerprint density at radius 1 is 1.00 bits per heavy atom. The Morgan fingerprint density at radius 3 is 2.36 bits per heavy atom. The maximum atomic E-state index is 12.7. The van der Waals surface area contributed by atoms with Crippen molar-refractivity contribution >= 4 is 21.6 Å². The molecule has 6 nitrogen and oxygen atoms in total. The van der Waals surface area contributed by atoms with E-state index in [0.29, 0.717) is 17.0 Å². The lowest BCUT2D eigenvalue weighted by Gasteiger charge is -2.15. The Morgan fingerprint density at radius 2 is 1.71 bits per heavy atom. The summed E-state index contributed by atoms with van der Waals surface area (Å²) >= 11 is 0. The molecule has 0 aliphatic heterocycles. The Balaban J connectivity index is 1.72. The van der Waals surface area contributed by atoms with Gasteiger partial charge in [-0.05, 0) is 53.9 Å². The summed E-state index contributed by atoms with van der Waals surface area (Å²) in [6.45, 7) is 4.27. The van der Waals surface area contributed by atoms with Gasteiger partial charge in [0.25, 0.3) is 15.9 Å². The van der Waals surface area contributed by atoms with E-state index in [2.05, 4.69) is 10.0 Å². The summed E-state index contributed by atoms with van der Waals surface area (Å²) in [5.74, 6) is 0.512. The maximum Gasteiger partial charge on any atom is 0.261 e. The Labute approximate surface area is 164 Å². The zero-order chi connectivity index (χ0) is 20.1. The van der Waals surface area contributed by atoms with Crippen LogP contribution < -0.4 is 10.0 Å². The van der Waals surface area contributed by atoms with Crippen LogP contribution >= 0.6 is 0 Å². The van der Waals surface area contributed by atoms with Crippen molar-refractivity contribution in [3.05, 3.63) is 83.8 Å². The third-order valence-corrected chi connectivity index (χ3v) is 5.64. The predicted octanol–water partition coefficient (Wildman–Crippen LogP) is 4.13. The number of nitrogens with one attached hydrogen (secondary N) is 2. The zero-order valence-electron chi connectivity index (χ0n) is 15.7. The molecule has 0 bridgehead atoms. The fraction of sp³-hybridized carbons (Fsp3) is 0.190. The number of amides is 1. The van der Waals surface area contributed by atoms with E-state index in [4.69, 9.17) is 4.42 Å². The van der Waals surface area contributed by atoms with E-state index in [1.807, 2.05) is 26.0 Å². The topological polar surface area (TPSA) is 88.4 Å². The molecule has 3 rings (SSSR count). The second-order valence-corrected chi connectivity index (χ2v) is 8.32. The Hall–Kier alpha value is -3.06. The van der Waals surface area contributed by atoms with Crippen LogP contribution in [0, 0.1) is 0 Å². The van der Waals surface area contributed by atoms with Crippen molar-refractivity contribution in [3.63, 3.8) is 0 Å². The van der Waals surface area contributed by atoms with Crippen molar-refractivity contribution in [1.29, 1.82) is 0 Å². The lowest BCUT2D eigenvalue weighted by Crippen LogP contribution is -2.22. The van der Waals surface area contributed by atoms with E-state index in [0.717, 1.165) is 5.56 Å². The first-order valence-electron chi connectivity index (χ1n) is 8.89. The molecular formula is C21H22N2O4S. The Bertz CT molecular complexity index is 1040. The summed E-state index contributed by atoms with van der Waals surface area (Å²) in [6, 6.07) is 16.6. The summed E-state index contributed by atoms with van der Waals surface area (Å²) in [5.41, 5.74) is 1.84. The molecule has 7 heteroatoms. The van der Waals surface area contributed by atoms with Gasteiger partial charge >= 0.3 is 0 Å². The van der Waals surface area contributed by atoms with Gasteiger partial charge in [-0.15, -0.1) is 0 Å². The van der Waals surface area contributed by atoms with Gasteiger partial charge in [0, 0.05) is 5.56 Å². The number of rotatable bonds is 7. The van der Waals surface area contributed by atoms with Gasteiger partial charge in [0.15, 0.2) is 0 Å². The van der Waals surface area contributed by atoms with Gasteiger partial charge in [0.1, 0.15) is 5.76 Å². The molecule has 0 saturated carbocycles. The van der Waals surface area contributed by atoms with Crippen LogP contribution in [0.4, 0.5) is 5.69 Å². The van der Waals surface area contributed by atoms with Crippen LogP contribution in [0.2, 0.25) is 0 Å². The fourth-order valence-corrected chi connectivity index (χ4v) is 3.85. The van der Waals surface area contributed by atoms with Crippen molar-refractivity contribution in [1.82, 2.24) is 5.32 Å². The highest BCUT2D eigenvalue weighted by Crippen LogP contribution is 2.26. The summed E-state index contributed by atoms with van der Waals surface area (Å²) in [6.07, 6.45) is 1.53. The molecule has 1 aromatic heterocycles. The molecule has 2 aromatic carbocycles. The number of hydrogen-bond acceptors (Lipinski definition) is 4. The SMILES string of the molecule is CC(C)c1ccccc1NS(=O)(=O)c1ccc(C(=O)NCc2ccco2)cc1. The van der Waals surface area contributed by atoms with Gasteiger partial charge < -0.3 is 9.73 Å². The molecule has 0 radical (unpaired) electrons. The molecule has 0 saturated heterocycles. The second-order valence-electron chi connectivity index (χ2n) is 6.63. The molecule has 0 fully saturated rings. The first-order valence-corrected chi connectivity index (χ1v) is 10.4. The first-order chi connectivity index (χ1) is 13.4. The fourth-order valence-electron chi connectivity index (χ4n) is 2.77. The van der Waals surface area contributed by atoms with Gasteiger partial charge in [0.05, 0.1) is 23.4 Å². The highest BCUT2D eigenvalue weighted by Gasteiger charge is 2.17. The molecule has 1 amide bonds. The molecule has 0 atom stereocenters. The molecule has 2 N–H and O–H groups in total. The minimum atomic E-state index is -3.76. The van der Waals surface area contributed by atoms with E-state index < -0.39 is 10.0 Å². The van der Waals surface area contributed by atoms with Gasteiger partial charge in [-0.3, -0.25) is 9.52 Å². The third kappa shape index (κ3) is 4.61. The average Bonchev–Trinajstić information content (AvgIpc) is 3.20. The molecule has 0 aliphatic rings. The van der Waals surface area contributed by atoms with E-state index >= 15 is 0 Å². The van der Waals surface area contributed by atoms with Crippen LogP contribution in [0.25, 0.3) is 0 Å². The molecule has 0 spiro atoms. The molecule has 1 heterocycles. The van der Waals surface area contributed by atoms with Gasteiger partial charge in [-0.1, -0.05) is 32.0 Å². The normalized spacial score (nSPS) is 11.4. The number of hydrogen-bond donors (Lipinski definition) is 2. The van der Waals surface area contributed by atoms with E-state index in [1.165, 1.54) is 30.5 Å². The number of benzene rings is 2. The number of sulfonamides is 1. The maximum absolute atomic E-state index is 12.7. The van der Waals surface area contributed by atoms with Crippen LogP contribution in [-0.2, 0) is 16.6 Å². The minimum absolute atomic E-state index is 0.0913. The highest BCUT2D eigenvalue weighted by atomic mass is 32.2. The van der Waals surface area contributed by atoms with Crippen LogP contribution in [0.5, 0.6) is 0 Å². The first kappa shape index (κ1) is 19.7. The summed E-state index contributed by atoms with van der Waals surface area (Å²) in [5, 5.41) is 2.72.